The number of carbonyl (C=O) groups excluding carboxylic acids is 2. The highest BCUT2D eigenvalue weighted by Crippen LogP contribution is 2.24. The number of amides is 1. The number of hydrogen-bond acceptors (Lipinski definition) is 3. The van der Waals surface area contributed by atoms with Crippen LogP contribution in [0, 0.1) is 11.7 Å². The van der Waals surface area contributed by atoms with Gasteiger partial charge in [0.15, 0.2) is 5.78 Å². The van der Waals surface area contributed by atoms with Gasteiger partial charge in [-0.3, -0.25) is 9.59 Å². The quantitative estimate of drug-likeness (QED) is 0.648. The fourth-order valence-electron chi connectivity index (χ4n) is 2.17. The summed E-state index contributed by atoms with van der Waals surface area (Å²) in [4.78, 5) is 24.0. The number of benzene rings is 1. The van der Waals surface area contributed by atoms with Gasteiger partial charge in [-0.05, 0) is 30.7 Å². The summed E-state index contributed by atoms with van der Waals surface area (Å²) in [5, 5.41) is 9.66. The first-order valence-electron chi connectivity index (χ1n) is 5.80. The molecular formula is C13H14FNO3. The SMILES string of the molecule is O=CN1CCC(C(=O)c2ccc(F)cc2)CC1O. The Hall–Kier alpha value is -1.75. The number of carbonyl (C=O) groups is 2. The Kier molecular flexibility index (Phi) is 3.72. The average molecular weight is 251 g/mol. The highest BCUT2D eigenvalue weighted by molar-refractivity contribution is 5.97. The number of nitrogens with zero attached hydrogens (tertiary/aromatic N) is 1. The number of hydrogen-bond donors (Lipinski definition) is 1. The molecule has 1 amide bonds. The van der Waals surface area contributed by atoms with Crippen LogP contribution in [-0.4, -0.2) is 35.0 Å². The van der Waals surface area contributed by atoms with Crippen LogP contribution in [0.2, 0.25) is 0 Å². The average Bonchev–Trinajstić information content (AvgIpc) is 2.38. The molecule has 2 unspecified atom stereocenters. The second-order valence-corrected chi connectivity index (χ2v) is 4.42. The third-order valence-corrected chi connectivity index (χ3v) is 3.25. The van der Waals surface area contributed by atoms with Crippen LogP contribution in [-0.2, 0) is 4.79 Å². The molecule has 5 heteroatoms. The molecule has 1 aliphatic rings. The topological polar surface area (TPSA) is 57.6 Å². The normalized spacial score (nSPS) is 23.8. The number of ketones is 1. The summed E-state index contributed by atoms with van der Waals surface area (Å²) in [7, 11) is 0. The van der Waals surface area contributed by atoms with E-state index in [1.165, 1.54) is 29.2 Å². The van der Waals surface area contributed by atoms with Crippen molar-refractivity contribution in [3.8, 4) is 0 Å². The second kappa shape index (κ2) is 5.27. The molecule has 0 aromatic heterocycles. The molecule has 1 heterocycles. The molecule has 96 valence electrons. The Morgan fingerprint density at radius 3 is 2.61 bits per heavy atom. The number of halogens is 1. The molecule has 1 aromatic rings. The highest BCUT2D eigenvalue weighted by Gasteiger charge is 2.30. The number of piperidine rings is 1. The minimum absolute atomic E-state index is 0.111. The Labute approximate surface area is 104 Å². The molecule has 0 saturated carbocycles. The lowest BCUT2D eigenvalue weighted by atomic mass is 9.88. The molecule has 0 spiro atoms. The van der Waals surface area contributed by atoms with E-state index in [1.807, 2.05) is 0 Å². The fraction of sp³-hybridized carbons (Fsp3) is 0.385. The minimum atomic E-state index is -0.911. The van der Waals surface area contributed by atoms with Gasteiger partial charge >= 0.3 is 0 Å². The van der Waals surface area contributed by atoms with E-state index in [0.29, 0.717) is 24.9 Å². The third-order valence-electron chi connectivity index (χ3n) is 3.25. The van der Waals surface area contributed by atoms with Gasteiger partial charge in [0.1, 0.15) is 12.0 Å². The lowest BCUT2D eigenvalue weighted by Gasteiger charge is -2.33. The fourth-order valence-corrected chi connectivity index (χ4v) is 2.17. The molecule has 1 saturated heterocycles. The van der Waals surface area contributed by atoms with Crippen molar-refractivity contribution < 1.29 is 19.1 Å². The van der Waals surface area contributed by atoms with Gasteiger partial charge in [-0.15, -0.1) is 0 Å². The number of Topliss-reactive ketones (excluding diaryl/α,β-unsaturated/α-hetero) is 1. The third kappa shape index (κ3) is 2.56. The molecule has 4 nitrogen and oxygen atoms in total. The van der Waals surface area contributed by atoms with E-state index in [2.05, 4.69) is 0 Å². The van der Waals surface area contributed by atoms with E-state index in [-0.39, 0.29) is 23.9 Å². The van der Waals surface area contributed by atoms with E-state index in [1.54, 1.807) is 0 Å². The smallest absolute Gasteiger partial charge is 0.211 e. The zero-order valence-corrected chi connectivity index (χ0v) is 9.75. The summed E-state index contributed by atoms with van der Waals surface area (Å²) in [5.74, 6) is -0.816. The molecule has 2 rings (SSSR count). The minimum Gasteiger partial charge on any atom is -0.374 e. The van der Waals surface area contributed by atoms with Crippen molar-refractivity contribution in [2.45, 2.75) is 19.1 Å². The highest BCUT2D eigenvalue weighted by atomic mass is 19.1. The summed E-state index contributed by atoms with van der Waals surface area (Å²) < 4.78 is 12.8. The van der Waals surface area contributed by atoms with Gasteiger partial charge in [0, 0.05) is 24.4 Å². The first-order valence-corrected chi connectivity index (χ1v) is 5.80. The largest absolute Gasteiger partial charge is 0.374 e. The second-order valence-electron chi connectivity index (χ2n) is 4.42. The number of likely N-dealkylation sites (tertiary alicyclic amines) is 1. The van der Waals surface area contributed by atoms with E-state index in [4.69, 9.17) is 0 Å². The Bertz CT molecular complexity index is 446. The van der Waals surface area contributed by atoms with Crippen LogP contribution >= 0.6 is 0 Å². The summed E-state index contributed by atoms with van der Waals surface area (Å²) in [5.41, 5.74) is 0.438. The maximum absolute atomic E-state index is 12.8. The van der Waals surface area contributed by atoms with Crippen LogP contribution < -0.4 is 0 Å². The molecule has 1 aliphatic heterocycles. The lowest BCUT2D eigenvalue weighted by molar-refractivity contribution is -0.131. The van der Waals surface area contributed by atoms with E-state index >= 15 is 0 Å². The van der Waals surface area contributed by atoms with Crippen molar-refractivity contribution in [1.29, 1.82) is 0 Å². The molecule has 1 aromatic carbocycles. The first kappa shape index (κ1) is 12.7. The Morgan fingerprint density at radius 1 is 1.39 bits per heavy atom. The lowest BCUT2D eigenvalue weighted by Crippen LogP contribution is -2.43. The predicted molar refractivity (Wildman–Crippen MR) is 62.2 cm³/mol. The van der Waals surface area contributed by atoms with Gasteiger partial charge in [-0.25, -0.2) is 4.39 Å². The van der Waals surface area contributed by atoms with Crippen molar-refractivity contribution in [3.05, 3.63) is 35.6 Å². The van der Waals surface area contributed by atoms with Crippen LogP contribution in [0.4, 0.5) is 4.39 Å². The number of rotatable bonds is 3. The van der Waals surface area contributed by atoms with Crippen molar-refractivity contribution in [1.82, 2.24) is 4.90 Å². The van der Waals surface area contributed by atoms with Gasteiger partial charge in [-0.2, -0.15) is 0 Å². The predicted octanol–water partition coefficient (Wildman–Crippen LogP) is 1.20. The van der Waals surface area contributed by atoms with Crippen LogP contribution in [0.5, 0.6) is 0 Å². The van der Waals surface area contributed by atoms with E-state index in [9.17, 15) is 19.1 Å². The zero-order chi connectivity index (χ0) is 13.1. The van der Waals surface area contributed by atoms with Gasteiger partial charge < -0.3 is 10.0 Å². The molecule has 1 fully saturated rings. The van der Waals surface area contributed by atoms with Crippen LogP contribution in [0.1, 0.15) is 23.2 Å². The van der Waals surface area contributed by atoms with Crippen molar-refractivity contribution in [3.63, 3.8) is 0 Å². The van der Waals surface area contributed by atoms with Gasteiger partial charge in [0.05, 0.1) is 0 Å². The zero-order valence-electron chi connectivity index (χ0n) is 9.75. The van der Waals surface area contributed by atoms with Gasteiger partial charge in [0.2, 0.25) is 6.41 Å². The van der Waals surface area contributed by atoms with Crippen molar-refractivity contribution in [2.75, 3.05) is 6.54 Å². The van der Waals surface area contributed by atoms with Crippen LogP contribution in [0.25, 0.3) is 0 Å². The number of aliphatic hydroxyl groups excluding tert-OH is 1. The number of aliphatic hydroxyl groups is 1. The van der Waals surface area contributed by atoms with E-state index in [0.717, 1.165) is 0 Å². The van der Waals surface area contributed by atoms with Crippen molar-refractivity contribution in [2.24, 2.45) is 5.92 Å². The van der Waals surface area contributed by atoms with Crippen LogP contribution in [0.3, 0.4) is 0 Å². The molecule has 1 N–H and O–H groups in total. The monoisotopic (exact) mass is 251 g/mol. The van der Waals surface area contributed by atoms with Gasteiger partial charge in [0.25, 0.3) is 0 Å². The summed E-state index contributed by atoms with van der Waals surface area (Å²) in [6, 6.07) is 5.36. The maximum atomic E-state index is 12.8. The molecule has 0 radical (unpaired) electrons. The summed E-state index contributed by atoms with van der Waals surface area (Å²) >= 11 is 0. The summed E-state index contributed by atoms with van der Waals surface area (Å²) in [6.07, 6.45) is 0.426. The molecule has 0 bridgehead atoms. The molecule has 18 heavy (non-hydrogen) atoms. The Morgan fingerprint density at radius 2 is 2.06 bits per heavy atom. The first-order chi connectivity index (χ1) is 8.61. The molecule has 2 atom stereocenters. The van der Waals surface area contributed by atoms with Crippen molar-refractivity contribution >= 4 is 12.2 Å². The maximum Gasteiger partial charge on any atom is 0.211 e. The van der Waals surface area contributed by atoms with E-state index < -0.39 is 6.23 Å². The molecular weight excluding hydrogens is 237 g/mol. The van der Waals surface area contributed by atoms with Gasteiger partial charge in [-0.1, -0.05) is 0 Å². The summed E-state index contributed by atoms with van der Waals surface area (Å²) in [6.45, 7) is 0.363. The standard InChI is InChI=1S/C13H14FNO3/c14-11-3-1-9(2-4-11)13(18)10-5-6-15(8-16)12(17)7-10/h1-4,8,10,12,17H,5-7H2. The molecule has 0 aliphatic carbocycles. The van der Waals surface area contributed by atoms with Crippen LogP contribution in [0.15, 0.2) is 24.3 Å². The Balaban J connectivity index is 2.06.